The number of nitrogens with one attached hydrogen (secondary N) is 2. The smallest absolute Gasteiger partial charge is 0.254 e. The second-order valence-corrected chi connectivity index (χ2v) is 8.93. The molecule has 1 aliphatic rings. The first-order valence-electron chi connectivity index (χ1n) is 8.91. The van der Waals surface area contributed by atoms with Gasteiger partial charge in [0.1, 0.15) is 5.15 Å². The van der Waals surface area contributed by atoms with E-state index in [1.807, 2.05) is 13.8 Å². The van der Waals surface area contributed by atoms with Gasteiger partial charge in [-0.3, -0.25) is 4.79 Å². The molecule has 1 amide bonds. The van der Waals surface area contributed by atoms with Gasteiger partial charge < -0.3 is 16.4 Å². The maximum absolute atomic E-state index is 12.4. The zero-order valence-corrected chi connectivity index (χ0v) is 18.0. The van der Waals surface area contributed by atoms with E-state index < -0.39 is 0 Å². The van der Waals surface area contributed by atoms with Gasteiger partial charge in [0.15, 0.2) is 0 Å². The average molecular weight is 429 g/mol. The van der Waals surface area contributed by atoms with Crippen molar-refractivity contribution in [1.82, 2.24) is 15.6 Å². The molecule has 1 fully saturated rings. The van der Waals surface area contributed by atoms with Crippen molar-refractivity contribution in [3.05, 3.63) is 50.2 Å². The molecule has 0 spiro atoms. The molecule has 27 heavy (non-hydrogen) atoms. The molecular weight excluding hydrogens is 403 g/mol. The van der Waals surface area contributed by atoms with Gasteiger partial charge in [0.2, 0.25) is 0 Å². The van der Waals surface area contributed by atoms with Crippen molar-refractivity contribution in [1.29, 1.82) is 0 Å². The second kappa shape index (κ2) is 10.2. The van der Waals surface area contributed by atoms with E-state index in [-0.39, 0.29) is 17.1 Å². The third-order valence-electron chi connectivity index (χ3n) is 4.65. The van der Waals surface area contributed by atoms with Gasteiger partial charge in [-0.1, -0.05) is 41.5 Å². The van der Waals surface area contributed by atoms with Crippen molar-refractivity contribution < 1.29 is 4.79 Å². The normalized spacial score (nSPS) is 20.6. The van der Waals surface area contributed by atoms with Crippen LogP contribution < -0.4 is 16.4 Å². The van der Waals surface area contributed by atoms with Crippen LogP contribution in [-0.2, 0) is 0 Å². The highest BCUT2D eigenvalue weighted by molar-refractivity contribution is 8.06. The minimum atomic E-state index is -0.222. The van der Waals surface area contributed by atoms with E-state index >= 15 is 0 Å². The summed E-state index contributed by atoms with van der Waals surface area (Å²) in [4.78, 5) is 17.4. The molecule has 148 valence electrons. The number of aromatic nitrogens is 1. The Morgan fingerprint density at radius 2 is 2.00 bits per heavy atom. The van der Waals surface area contributed by atoms with Crippen LogP contribution >= 0.6 is 35.0 Å². The Balaban J connectivity index is 1.75. The van der Waals surface area contributed by atoms with Crippen LogP contribution in [0.5, 0.6) is 0 Å². The van der Waals surface area contributed by atoms with Crippen molar-refractivity contribution in [3.63, 3.8) is 0 Å². The van der Waals surface area contributed by atoms with E-state index in [2.05, 4.69) is 22.2 Å². The molecule has 0 atom stereocenters. The maximum atomic E-state index is 12.4. The first-order valence-corrected chi connectivity index (χ1v) is 10.5. The van der Waals surface area contributed by atoms with Crippen molar-refractivity contribution in [2.45, 2.75) is 45.6 Å². The summed E-state index contributed by atoms with van der Waals surface area (Å²) in [5.74, 6) is 0.343. The predicted octanol–water partition coefficient (Wildman–Crippen LogP) is 4.68. The number of hydrogen-bond acceptors (Lipinski definition) is 5. The fourth-order valence-electron chi connectivity index (χ4n) is 2.92. The molecule has 0 bridgehead atoms. The van der Waals surface area contributed by atoms with Gasteiger partial charge in [0.25, 0.3) is 5.91 Å². The Hall–Kier alpha value is -1.37. The molecule has 8 heteroatoms. The molecule has 4 N–H and O–H groups in total. The molecule has 5 nitrogen and oxygen atoms in total. The predicted molar refractivity (Wildman–Crippen MR) is 115 cm³/mol. The Morgan fingerprint density at radius 3 is 2.63 bits per heavy atom. The number of carbonyl (C=O) groups is 1. The number of carbonyl (C=O) groups excluding carboxylic acids is 1. The van der Waals surface area contributed by atoms with Crippen LogP contribution in [0.2, 0.25) is 10.2 Å². The molecule has 1 aromatic heterocycles. The Morgan fingerprint density at radius 1 is 1.33 bits per heavy atom. The highest BCUT2D eigenvalue weighted by Gasteiger charge is 2.24. The van der Waals surface area contributed by atoms with Gasteiger partial charge in [0.05, 0.1) is 15.6 Å². The number of hydrogen-bond donors (Lipinski definition) is 3. The van der Waals surface area contributed by atoms with Crippen LogP contribution in [0.15, 0.2) is 34.5 Å². The van der Waals surface area contributed by atoms with Gasteiger partial charge in [-0.25, -0.2) is 4.98 Å². The number of nitrogens with two attached hydrogens (primary N) is 1. The molecule has 2 rings (SSSR count). The minimum absolute atomic E-state index is 0.145. The lowest BCUT2D eigenvalue weighted by atomic mass is 9.86. The summed E-state index contributed by atoms with van der Waals surface area (Å²) < 4.78 is 0. The second-order valence-electron chi connectivity index (χ2n) is 6.83. The third-order valence-corrected chi connectivity index (χ3v) is 6.18. The fraction of sp³-hybridized carbons (Fsp3) is 0.474. The van der Waals surface area contributed by atoms with Crippen LogP contribution in [-0.4, -0.2) is 23.5 Å². The Labute approximate surface area is 175 Å². The number of halogens is 2. The molecule has 0 radical (unpaired) electrons. The van der Waals surface area contributed by atoms with Crippen molar-refractivity contribution >= 4 is 40.9 Å². The first-order chi connectivity index (χ1) is 12.8. The topological polar surface area (TPSA) is 80.0 Å². The molecule has 0 aliphatic heterocycles. The summed E-state index contributed by atoms with van der Waals surface area (Å²) in [5, 5.41) is 7.91. The van der Waals surface area contributed by atoms with Gasteiger partial charge >= 0.3 is 0 Å². The Kier molecular flexibility index (Phi) is 8.32. The lowest BCUT2D eigenvalue weighted by molar-refractivity contribution is 0.0922. The van der Waals surface area contributed by atoms with E-state index in [0.717, 1.165) is 47.9 Å². The highest BCUT2D eigenvalue weighted by atomic mass is 35.5. The lowest BCUT2D eigenvalue weighted by Crippen LogP contribution is -2.39. The van der Waals surface area contributed by atoms with Crippen molar-refractivity contribution in [3.8, 4) is 0 Å². The average Bonchev–Trinajstić information content (AvgIpc) is 2.63. The summed E-state index contributed by atoms with van der Waals surface area (Å²) in [6, 6.07) is 1.69. The molecule has 1 heterocycles. The summed E-state index contributed by atoms with van der Waals surface area (Å²) in [6.07, 6.45) is 5.38. The highest BCUT2D eigenvalue weighted by Crippen LogP contribution is 2.27. The molecule has 1 aliphatic carbocycles. The monoisotopic (exact) mass is 428 g/mol. The van der Waals surface area contributed by atoms with Crippen LogP contribution in [0.1, 0.15) is 49.9 Å². The first kappa shape index (κ1) is 21.9. The zero-order chi connectivity index (χ0) is 20.0. The van der Waals surface area contributed by atoms with Crippen LogP contribution in [0.3, 0.4) is 0 Å². The third kappa shape index (κ3) is 6.94. The number of allylic oxidation sites excluding steroid dienone is 2. The van der Waals surface area contributed by atoms with Gasteiger partial charge in [-0.05, 0) is 51.5 Å². The molecule has 1 aromatic rings. The molecule has 0 saturated heterocycles. The van der Waals surface area contributed by atoms with E-state index in [0.29, 0.717) is 16.5 Å². The number of rotatable bonds is 7. The van der Waals surface area contributed by atoms with Gasteiger partial charge in [-0.2, -0.15) is 0 Å². The molecule has 0 aromatic carbocycles. The van der Waals surface area contributed by atoms with Crippen molar-refractivity contribution in [2.24, 2.45) is 11.7 Å². The number of thioether (sulfide) groups is 1. The quantitative estimate of drug-likeness (QED) is 0.549. The lowest BCUT2D eigenvalue weighted by Gasteiger charge is -2.29. The largest absolute Gasteiger partial charge is 0.402 e. The summed E-state index contributed by atoms with van der Waals surface area (Å²) in [7, 11) is 0. The number of pyridine rings is 1. The van der Waals surface area contributed by atoms with Crippen LogP contribution in [0.4, 0.5) is 0 Å². The van der Waals surface area contributed by atoms with E-state index in [1.165, 1.54) is 6.20 Å². The van der Waals surface area contributed by atoms with E-state index in [1.54, 1.807) is 17.8 Å². The fourth-order valence-corrected chi connectivity index (χ4v) is 3.95. The van der Waals surface area contributed by atoms with Crippen LogP contribution in [0.25, 0.3) is 0 Å². The number of nitrogens with zero attached hydrogens (tertiary/aromatic N) is 1. The molecule has 1 saturated carbocycles. The summed E-state index contributed by atoms with van der Waals surface area (Å²) in [6.45, 7) is 8.80. The van der Waals surface area contributed by atoms with Gasteiger partial charge in [-0.15, -0.1) is 0 Å². The molecular formula is C19H26Cl2N4OS. The van der Waals surface area contributed by atoms with Crippen LogP contribution in [0, 0.1) is 5.92 Å². The molecule has 0 unspecified atom stereocenters. The van der Waals surface area contributed by atoms with Crippen molar-refractivity contribution in [2.75, 3.05) is 6.54 Å². The number of amides is 1. The Bertz CT molecular complexity index is 726. The summed E-state index contributed by atoms with van der Waals surface area (Å²) >= 11 is 13.5. The zero-order valence-electron chi connectivity index (χ0n) is 15.6. The standard InChI is InChI=1S/C19H26Cl2N4OS/c1-11(22)12(2)27-13(3)23-9-14-4-6-16(7-5-14)25-19(26)17-8-15(20)10-24-18(17)21/h8,10,14,16,23H,3-7,9,22H2,1-2H3,(H,25,26)/b12-11-. The minimum Gasteiger partial charge on any atom is -0.402 e. The summed E-state index contributed by atoms with van der Waals surface area (Å²) in [5.41, 5.74) is 6.91. The van der Waals surface area contributed by atoms with E-state index in [9.17, 15) is 4.79 Å². The SMILES string of the molecule is C=C(NCC1CCC(NC(=O)c2cc(Cl)cnc2Cl)CC1)S/C(C)=C(/C)N. The van der Waals surface area contributed by atoms with Gasteiger partial charge in [0, 0.05) is 29.4 Å². The maximum Gasteiger partial charge on any atom is 0.254 e. The van der Waals surface area contributed by atoms with E-state index in [4.69, 9.17) is 28.9 Å².